The van der Waals surface area contributed by atoms with E-state index in [-0.39, 0.29) is 24.3 Å². The van der Waals surface area contributed by atoms with Crippen molar-refractivity contribution in [3.8, 4) is 5.75 Å². The normalized spacial score (nSPS) is 13.6. The number of halogens is 2. The highest BCUT2D eigenvalue weighted by atomic mass is 32.2. The number of aryl methyl sites for hydroxylation is 1. The number of alkyl halides is 2. The van der Waals surface area contributed by atoms with Gasteiger partial charge in [0.2, 0.25) is 0 Å². The molecule has 0 spiro atoms. The molecule has 0 fully saturated rings. The van der Waals surface area contributed by atoms with Gasteiger partial charge in [0.1, 0.15) is 6.23 Å². The summed E-state index contributed by atoms with van der Waals surface area (Å²) in [4.78, 5) is 11.0. The standard InChI is InChI=1S/C12H15F2NO5S/c1-7-4-10(15-8(2)17)5-9(6-16)11(7)20-21(18,19)12(3,13)14/h4-6,8,15,17H,1-3H3. The minimum absolute atomic E-state index is 0.149. The molecule has 0 aromatic heterocycles. The molecule has 1 aromatic rings. The van der Waals surface area contributed by atoms with Crippen molar-refractivity contribution in [2.45, 2.75) is 32.3 Å². The van der Waals surface area contributed by atoms with Gasteiger partial charge in [0, 0.05) is 12.6 Å². The molecule has 2 N–H and O–H groups in total. The van der Waals surface area contributed by atoms with Gasteiger partial charge in [-0.3, -0.25) is 4.79 Å². The van der Waals surface area contributed by atoms with Crippen molar-refractivity contribution in [2.24, 2.45) is 0 Å². The van der Waals surface area contributed by atoms with E-state index in [9.17, 15) is 27.1 Å². The molecule has 118 valence electrons. The Morgan fingerprint density at radius 3 is 2.43 bits per heavy atom. The minimum Gasteiger partial charge on any atom is -0.377 e. The molecule has 0 saturated heterocycles. The summed E-state index contributed by atoms with van der Waals surface area (Å²) in [5.41, 5.74) is 0.235. The highest BCUT2D eigenvalue weighted by Gasteiger charge is 2.42. The van der Waals surface area contributed by atoms with Gasteiger partial charge in [0.25, 0.3) is 0 Å². The lowest BCUT2D eigenvalue weighted by molar-refractivity contribution is 0.103. The van der Waals surface area contributed by atoms with Gasteiger partial charge < -0.3 is 14.6 Å². The van der Waals surface area contributed by atoms with E-state index in [0.29, 0.717) is 5.69 Å². The van der Waals surface area contributed by atoms with Crippen LogP contribution in [0.15, 0.2) is 12.1 Å². The van der Waals surface area contributed by atoms with E-state index in [1.54, 1.807) is 0 Å². The zero-order valence-corrected chi connectivity index (χ0v) is 12.4. The summed E-state index contributed by atoms with van der Waals surface area (Å²) in [6.07, 6.45) is -0.641. The average molecular weight is 323 g/mol. The maximum absolute atomic E-state index is 13.0. The molecular formula is C12H15F2NO5S. The molecule has 1 aromatic carbocycles. The third-order valence-corrected chi connectivity index (χ3v) is 3.70. The van der Waals surface area contributed by atoms with Crippen LogP contribution in [0.25, 0.3) is 0 Å². The van der Waals surface area contributed by atoms with Crippen LogP contribution in [0.3, 0.4) is 0 Å². The second-order valence-electron chi connectivity index (χ2n) is 4.49. The third-order valence-electron chi connectivity index (χ3n) is 2.44. The molecule has 21 heavy (non-hydrogen) atoms. The minimum atomic E-state index is -5.20. The number of carbonyl (C=O) groups is 1. The summed E-state index contributed by atoms with van der Waals surface area (Å²) in [6.45, 7) is 3.00. The summed E-state index contributed by atoms with van der Waals surface area (Å²) < 4.78 is 53.0. The van der Waals surface area contributed by atoms with Gasteiger partial charge in [-0.15, -0.1) is 0 Å². The van der Waals surface area contributed by atoms with Crippen LogP contribution in [0.4, 0.5) is 14.5 Å². The van der Waals surface area contributed by atoms with Gasteiger partial charge in [-0.2, -0.15) is 17.2 Å². The zero-order valence-electron chi connectivity index (χ0n) is 11.6. The predicted molar refractivity (Wildman–Crippen MR) is 72.0 cm³/mol. The molecule has 1 unspecified atom stereocenters. The van der Waals surface area contributed by atoms with Crippen molar-refractivity contribution >= 4 is 22.1 Å². The smallest absolute Gasteiger partial charge is 0.377 e. The average Bonchev–Trinajstić information content (AvgIpc) is 2.29. The number of aliphatic hydroxyl groups excluding tert-OH is 1. The highest BCUT2D eigenvalue weighted by Crippen LogP contribution is 2.31. The van der Waals surface area contributed by atoms with Crippen LogP contribution in [0.5, 0.6) is 5.75 Å². The number of benzene rings is 1. The van der Waals surface area contributed by atoms with E-state index < -0.39 is 27.4 Å². The molecule has 6 nitrogen and oxygen atoms in total. The number of aliphatic hydroxyl groups is 1. The Morgan fingerprint density at radius 2 is 2.00 bits per heavy atom. The number of aldehydes is 1. The predicted octanol–water partition coefficient (Wildman–Crippen LogP) is 1.88. The molecule has 0 aliphatic carbocycles. The van der Waals surface area contributed by atoms with Crippen LogP contribution < -0.4 is 9.50 Å². The first-order chi connectivity index (χ1) is 9.48. The number of hydrogen-bond acceptors (Lipinski definition) is 6. The monoisotopic (exact) mass is 323 g/mol. The molecule has 0 aliphatic heterocycles. The largest absolute Gasteiger partial charge is 0.377 e. The highest BCUT2D eigenvalue weighted by molar-refractivity contribution is 7.88. The number of anilines is 1. The molecule has 1 atom stereocenters. The first kappa shape index (κ1) is 17.3. The molecule has 1 rings (SSSR count). The fraction of sp³-hybridized carbons (Fsp3) is 0.417. The molecular weight excluding hydrogens is 308 g/mol. The van der Waals surface area contributed by atoms with Crippen LogP contribution in [0.2, 0.25) is 0 Å². The molecule has 0 heterocycles. The van der Waals surface area contributed by atoms with Crippen molar-refractivity contribution < 1.29 is 31.3 Å². The van der Waals surface area contributed by atoms with Crippen molar-refractivity contribution in [2.75, 3.05) is 5.32 Å². The van der Waals surface area contributed by atoms with E-state index >= 15 is 0 Å². The van der Waals surface area contributed by atoms with Crippen molar-refractivity contribution in [1.29, 1.82) is 0 Å². The number of rotatable bonds is 6. The first-order valence-corrected chi connectivity index (χ1v) is 7.25. The lowest BCUT2D eigenvalue weighted by atomic mass is 10.1. The Hall–Kier alpha value is -1.74. The fourth-order valence-electron chi connectivity index (χ4n) is 1.51. The molecule has 0 aliphatic rings. The third kappa shape index (κ3) is 4.11. The first-order valence-electron chi connectivity index (χ1n) is 5.84. The van der Waals surface area contributed by atoms with Crippen LogP contribution in [0, 0.1) is 6.92 Å². The van der Waals surface area contributed by atoms with E-state index in [0.717, 1.165) is 0 Å². The molecule has 0 radical (unpaired) electrons. The lowest BCUT2D eigenvalue weighted by Crippen LogP contribution is -2.30. The summed E-state index contributed by atoms with van der Waals surface area (Å²) in [6, 6.07) is 2.55. The molecule has 0 saturated carbocycles. The number of hydrogen-bond donors (Lipinski definition) is 2. The van der Waals surface area contributed by atoms with Crippen LogP contribution in [0.1, 0.15) is 29.8 Å². The Bertz CT molecular complexity index is 638. The van der Waals surface area contributed by atoms with Gasteiger partial charge in [-0.1, -0.05) is 0 Å². The Morgan fingerprint density at radius 1 is 1.43 bits per heavy atom. The second-order valence-corrected chi connectivity index (χ2v) is 6.29. The molecule has 0 amide bonds. The lowest BCUT2D eigenvalue weighted by Gasteiger charge is -2.17. The molecule has 0 bridgehead atoms. The van der Waals surface area contributed by atoms with Gasteiger partial charge in [-0.05, 0) is 31.5 Å². The number of nitrogens with one attached hydrogen (secondary N) is 1. The Labute approximate surface area is 120 Å². The Kier molecular flexibility index (Phi) is 4.90. The van der Waals surface area contributed by atoms with E-state index in [2.05, 4.69) is 9.50 Å². The van der Waals surface area contributed by atoms with Crippen molar-refractivity contribution in [3.05, 3.63) is 23.3 Å². The van der Waals surface area contributed by atoms with Crippen LogP contribution >= 0.6 is 0 Å². The summed E-state index contributed by atoms with van der Waals surface area (Å²) in [5.74, 6) is -0.470. The topological polar surface area (TPSA) is 92.7 Å². The fourth-order valence-corrected chi connectivity index (χ4v) is 2.10. The van der Waals surface area contributed by atoms with E-state index in [1.807, 2.05) is 0 Å². The van der Waals surface area contributed by atoms with Gasteiger partial charge >= 0.3 is 15.4 Å². The van der Waals surface area contributed by atoms with Gasteiger partial charge in [0.05, 0.1) is 5.56 Å². The van der Waals surface area contributed by atoms with Gasteiger partial charge in [0.15, 0.2) is 12.0 Å². The zero-order chi connectivity index (χ0) is 16.4. The summed E-state index contributed by atoms with van der Waals surface area (Å²) >= 11 is 0. The van der Waals surface area contributed by atoms with Gasteiger partial charge in [-0.25, -0.2) is 0 Å². The van der Waals surface area contributed by atoms with E-state index in [1.165, 1.54) is 26.0 Å². The van der Waals surface area contributed by atoms with Crippen LogP contribution in [-0.2, 0) is 10.1 Å². The summed E-state index contributed by atoms with van der Waals surface area (Å²) in [5, 5.41) is 7.68. The summed E-state index contributed by atoms with van der Waals surface area (Å²) in [7, 11) is -5.20. The number of carbonyl (C=O) groups excluding carboxylic acids is 1. The molecule has 9 heteroatoms. The maximum atomic E-state index is 13.0. The van der Waals surface area contributed by atoms with Crippen molar-refractivity contribution in [3.63, 3.8) is 0 Å². The second kappa shape index (κ2) is 5.94. The van der Waals surface area contributed by atoms with Crippen LogP contribution in [-0.4, -0.2) is 31.3 Å². The Balaban J connectivity index is 3.29. The quantitative estimate of drug-likeness (QED) is 0.472. The van der Waals surface area contributed by atoms with Crippen molar-refractivity contribution in [1.82, 2.24) is 0 Å². The SMILES string of the molecule is Cc1cc(NC(C)O)cc(C=O)c1OS(=O)(=O)C(C)(F)F. The maximum Gasteiger partial charge on any atom is 0.377 e. The van der Waals surface area contributed by atoms with E-state index in [4.69, 9.17) is 0 Å².